The van der Waals surface area contributed by atoms with Crippen molar-refractivity contribution in [2.45, 2.75) is 6.92 Å². The Balaban J connectivity index is 2.95. The molecule has 6 heteroatoms. The highest BCUT2D eigenvalue weighted by Crippen LogP contribution is 2.10. The van der Waals surface area contributed by atoms with Gasteiger partial charge in [-0.2, -0.15) is 5.10 Å². The van der Waals surface area contributed by atoms with E-state index in [4.69, 9.17) is 5.73 Å². The number of rotatable bonds is 2. The number of halogens is 2. The Bertz CT molecular complexity index is 418. The van der Waals surface area contributed by atoms with Gasteiger partial charge in [0.05, 0.1) is 5.71 Å². The summed E-state index contributed by atoms with van der Waals surface area (Å²) in [4.78, 5) is 10.3. The Hall–Kier alpha value is -1.98. The highest BCUT2D eigenvalue weighted by molar-refractivity contribution is 5.99. The van der Waals surface area contributed by atoms with Gasteiger partial charge in [0.2, 0.25) is 0 Å². The largest absolute Gasteiger partial charge is 0.350 e. The lowest BCUT2D eigenvalue weighted by atomic mass is 10.1. The summed E-state index contributed by atoms with van der Waals surface area (Å²) in [5, 5.41) is 3.51. The molecule has 1 rings (SSSR count). The fraction of sp³-hybridized carbons (Fsp3) is 0.111. The summed E-state index contributed by atoms with van der Waals surface area (Å²) in [6, 6.07) is 2.21. The third-order valence-electron chi connectivity index (χ3n) is 1.65. The van der Waals surface area contributed by atoms with Crippen molar-refractivity contribution in [3.05, 3.63) is 35.4 Å². The van der Waals surface area contributed by atoms with Crippen LogP contribution in [0.3, 0.4) is 0 Å². The summed E-state index contributed by atoms with van der Waals surface area (Å²) >= 11 is 0. The average Bonchev–Trinajstić information content (AvgIpc) is 2.14. The SMILES string of the molecule is C/C(=N/NC(N)=O)c1ccc(F)cc1F. The van der Waals surface area contributed by atoms with E-state index < -0.39 is 17.7 Å². The van der Waals surface area contributed by atoms with E-state index in [2.05, 4.69) is 5.10 Å². The minimum Gasteiger partial charge on any atom is -0.350 e. The zero-order chi connectivity index (χ0) is 11.4. The van der Waals surface area contributed by atoms with Crippen molar-refractivity contribution in [3.63, 3.8) is 0 Å². The number of amides is 2. The van der Waals surface area contributed by atoms with Crippen molar-refractivity contribution in [2.24, 2.45) is 10.8 Å². The molecule has 0 heterocycles. The summed E-state index contributed by atoms with van der Waals surface area (Å²) in [7, 11) is 0. The molecule has 0 fully saturated rings. The molecule has 0 saturated heterocycles. The number of urea groups is 1. The van der Waals surface area contributed by atoms with Crippen LogP contribution >= 0.6 is 0 Å². The van der Waals surface area contributed by atoms with Gasteiger partial charge in [-0.1, -0.05) is 0 Å². The second-order valence-electron chi connectivity index (χ2n) is 2.80. The molecule has 0 aliphatic carbocycles. The van der Waals surface area contributed by atoms with E-state index in [1.807, 2.05) is 5.43 Å². The maximum atomic E-state index is 13.2. The number of benzene rings is 1. The van der Waals surface area contributed by atoms with Gasteiger partial charge in [0, 0.05) is 11.6 Å². The fourth-order valence-electron chi connectivity index (χ4n) is 0.982. The highest BCUT2D eigenvalue weighted by Gasteiger charge is 2.06. The van der Waals surface area contributed by atoms with Crippen molar-refractivity contribution < 1.29 is 13.6 Å². The fourth-order valence-corrected chi connectivity index (χ4v) is 0.982. The quantitative estimate of drug-likeness (QED) is 0.565. The predicted octanol–water partition coefficient (Wildman–Crippen LogP) is 1.36. The van der Waals surface area contributed by atoms with Gasteiger partial charge in [0.25, 0.3) is 0 Å². The van der Waals surface area contributed by atoms with Crippen molar-refractivity contribution in [1.82, 2.24) is 5.43 Å². The maximum Gasteiger partial charge on any atom is 0.332 e. The Labute approximate surface area is 84.8 Å². The van der Waals surface area contributed by atoms with Gasteiger partial charge in [-0.3, -0.25) is 0 Å². The molecule has 3 N–H and O–H groups in total. The maximum absolute atomic E-state index is 13.2. The van der Waals surface area contributed by atoms with E-state index >= 15 is 0 Å². The van der Waals surface area contributed by atoms with E-state index in [1.165, 1.54) is 13.0 Å². The van der Waals surface area contributed by atoms with Crippen molar-refractivity contribution in [2.75, 3.05) is 0 Å². The standard InChI is InChI=1S/C9H9F2N3O/c1-5(13-14-9(12)15)7-3-2-6(10)4-8(7)11/h2-4H,1H3,(H3,12,14,15)/b13-5-. The Morgan fingerprint density at radius 1 is 1.47 bits per heavy atom. The molecule has 0 spiro atoms. The number of carbonyl (C=O) groups excluding carboxylic acids is 1. The average molecular weight is 213 g/mol. The predicted molar refractivity (Wildman–Crippen MR) is 51.3 cm³/mol. The molecule has 0 radical (unpaired) electrons. The Morgan fingerprint density at radius 3 is 2.67 bits per heavy atom. The summed E-state index contributed by atoms with van der Waals surface area (Å²) in [5.74, 6) is -1.42. The zero-order valence-electron chi connectivity index (χ0n) is 7.92. The van der Waals surface area contributed by atoms with Crippen LogP contribution in [0.1, 0.15) is 12.5 Å². The van der Waals surface area contributed by atoms with Crippen LogP contribution < -0.4 is 11.2 Å². The van der Waals surface area contributed by atoms with Crippen LogP contribution in [-0.4, -0.2) is 11.7 Å². The summed E-state index contributed by atoms with van der Waals surface area (Å²) in [5.41, 5.74) is 7.02. The minimum absolute atomic E-state index is 0.102. The van der Waals surface area contributed by atoms with Gasteiger partial charge in [-0.25, -0.2) is 19.0 Å². The molecule has 15 heavy (non-hydrogen) atoms. The second kappa shape index (κ2) is 4.50. The summed E-state index contributed by atoms with van der Waals surface area (Å²) in [6.45, 7) is 1.46. The molecule has 0 bridgehead atoms. The molecular weight excluding hydrogens is 204 g/mol. The normalized spacial score (nSPS) is 11.3. The number of hydrogen-bond acceptors (Lipinski definition) is 2. The Morgan fingerprint density at radius 2 is 2.13 bits per heavy atom. The first-order chi connectivity index (χ1) is 7.00. The molecule has 4 nitrogen and oxygen atoms in total. The molecule has 0 aliphatic rings. The summed E-state index contributed by atoms with van der Waals surface area (Å²) < 4.78 is 25.7. The molecule has 1 aromatic carbocycles. The van der Waals surface area contributed by atoms with E-state index in [1.54, 1.807) is 0 Å². The molecule has 0 atom stereocenters. The molecule has 1 aromatic rings. The third kappa shape index (κ3) is 3.01. The van der Waals surface area contributed by atoms with Gasteiger partial charge < -0.3 is 5.73 Å². The molecule has 80 valence electrons. The first-order valence-corrected chi connectivity index (χ1v) is 4.06. The number of nitrogens with zero attached hydrogens (tertiary/aromatic N) is 1. The van der Waals surface area contributed by atoms with Crippen LogP contribution in [0.25, 0.3) is 0 Å². The highest BCUT2D eigenvalue weighted by atomic mass is 19.1. The topological polar surface area (TPSA) is 67.5 Å². The van der Waals surface area contributed by atoms with Crippen molar-refractivity contribution in [3.8, 4) is 0 Å². The van der Waals surface area contributed by atoms with Crippen LogP contribution in [0.5, 0.6) is 0 Å². The lowest BCUT2D eigenvalue weighted by molar-refractivity contribution is 0.249. The van der Waals surface area contributed by atoms with Gasteiger partial charge in [0.1, 0.15) is 11.6 Å². The number of nitrogens with two attached hydrogens (primary N) is 1. The van der Waals surface area contributed by atoms with E-state index in [0.29, 0.717) is 0 Å². The van der Waals surface area contributed by atoms with Gasteiger partial charge >= 0.3 is 6.03 Å². The first-order valence-electron chi connectivity index (χ1n) is 4.06. The monoisotopic (exact) mass is 213 g/mol. The second-order valence-corrected chi connectivity index (χ2v) is 2.80. The lowest BCUT2D eigenvalue weighted by Crippen LogP contribution is -2.25. The van der Waals surface area contributed by atoms with Crippen LogP contribution in [-0.2, 0) is 0 Å². The van der Waals surface area contributed by atoms with E-state index in [-0.39, 0.29) is 11.3 Å². The number of carbonyl (C=O) groups is 1. The Kier molecular flexibility index (Phi) is 3.33. The van der Waals surface area contributed by atoms with E-state index in [9.17, 15) is 13.6 Å². The van der Waals surface area contributed by atoms with Crippen LogP contribution in [0.2, 0.25) is 0 Å². The number of hydrogen-bond donors (Lipinski definition) is 2. The van der Waals surface area contributed by atoms with Gasteiger partial charge in [-0.05, 0) is 19.1 Å². The van der Waals surface area contributed by atoms with Crippen LogP contribution in [0, 0.1) is 11.6 Å². The third-order valence-corrected chi connectivity index (χ3v) is 1.65. The van der Waals surface area contributed by atoms with Crippen LogP contribution in [0.15, 0.2) is 23.3 Å². The van der Waals surface area contributed by atoms with Gasteiger partial charge in [-0.15, -0.1) is 0 Å². The lowest BCUT2D eigenvalue weighted by Gasteiger charge is -2.02. The molecule has 0 unspecified atom stereocenters. The van der Waals surface area contributed by atoms with E-state index in [0.717, 1.165) is 12.1 Å². The van der Waals surface area contributed by atoms with Gasteiger partial charge in [0.15, 0.2) is 0 Å². The summed E-state index contributed by atoms with van der Waals surface area (Å²) in [6.07, 6.45) is 0. The number of primary amides is 1. The molecular formula is C9H9F2N3O. The molecule has 0 saturated carbocycles. The molecule has 2 amide bonds. The van der Waals surface area contributed by atoms with Crippen molar-refractivity contribution in [1.29, 1.82) is 0 Å². The number of hydrazone groups is 1. The zero-order valence-corrected chi connectivity index (χ0v) is 7.92. The van der Waals surface area contributed by atoms with Crippen LogP contribution in [0.4, 0.5) is 13.6 Å². The van der Waals surface area contributed by atoms with Crippen molar-refractivity contribution >= 4 is 11.7 Å². The smallest absolute Gasteiger partial charge is 0.332 e. The number of nitrogens with one attached hydrogen (secondary N) is 1. The minimum atomic E-state index is -0.850. The molecule has 0 aliphatic heterocycles. The first kappa shape index (κ1) is 11.1. The molecule has 0 aromatic heterocycles.